The van der Waals surface area contributed by atoms with E-state index in [4.69, 9.17) is 4.98 Å². The van der Waals surface area contributed by atoms with Gasteiger partial charge in [-0.2, -0.15) is 0 Å². The van der Waals surface area contributed by atoms with E-state index >= 15 is 0 Å². The summed E-state index contributed by atoms with van der Waals surface area (Å²) >= 11 is 0. The Morgan fingerprint density at radius 1 is 1.08 bits per heavy atom. The molecular weight excluding hydrogens is 456 g/mol. The minimum absolute atomic E-state index is 0.00741. The zero-order chi connectivity index (χ0) is 26.3. The smallest absolute Gasteiger partial charge is 0.245 e. The van der Waals surface area contributed by atoms with E-state index in [0.717, 1.165) is 19.3 Å². The minimum Gasteiger partial charge on any atom is -0.356 e. The highest BCUT2D eigenvalue weighted by Gasteiger charge is 2.42. The number of hydrogen-bond donors (Lipinski definition) is 3. The first-order valence-electron chi connectivity index (χ1n) is 12.9. The molecule has 4 rings (SSSR count). The van der Waals surface area contributed by atoms with Gasteiger partial charge in [0.05, 0.1) is 18.3 Å². The largest absolute Gasteiger partial charge is 0.356 e. The van der Waals surface area contributed by atoms with Gasteiger partial charge in [-0.25, -0.2) is 19.9 Å². The lowest BCUT2D eigenvalue weighted by atomic mass is 9.84. The molecule has 10 heteroatoms. The molecule has 196 valence electrons. The Bertz CT molecular complexity index is 1120. The topological polar surface area (TPSA) is 125 Å². The van der Waals surface area contributed by atoms with Gasteiger partial charge in [0.2, 0.25) is 11.8 Å². The van der Waals surface area contributed by atoms with Crippen molar-refractivity contribution in [1.29, 1.82) is 0 Å². The van der Waals surface area contributed by atoms with Crippen molar-refractivity contribution in [1.82, 2.24) is 35.5 Å². The second kappa shape index (κ2) is 9.88. The van der Waals surface area contributed by atoms with Gasteiger partial charge in [-0.3, -0.25) is 9.59 Å². The van der Waals surface area contributed by atoms with Crippen LogP contribution in [0.3, 0.4) is 0 Å². The van der Waals surface area contributed by atoms with Crippen molar-refractivity contribution >= 4 is 28.7 Å². The van der Waals surface area contributed by atoms with Crippen LogP contribution in [0.2, 0.25) is 0 Å². The molecule has 1 unspecified atom stereocenters. The maximum atomic E-state index is 13.6. The summed E-state index contributed by atoms with van der Waals surface area (Å²) in [5.41, 5.74) is 0.982. The van der Waals surface area contributed by atoms with Gasteiger partial charge >= 0.3 is 0 Å². The molecule has 2 aromatic rings. The first-order valence-corrected chi connectivity index (χ1v) is 12.9. The third-order valence-corrected chi connectivity index (χ3v) is 6.82. The lowest BCUT2D eigenvalue weighted by molar-refractivity contribution is -0.132. The Hall–Kier alpha value is -2.88. The van der Waals surface area contributed by atoms with E-state index in [1.807, 2.05) is 4.90 Å². The monoisotopic (exact) mass is 496 g/mol. The molecule has 4 atom stereocenters. The predicted octanol–water partition coefficient (Wildman–Crippen LogP) is 2.54. The van der Waals surface area contributed by atoms with Crippen LogP contribution in [0.25, 0.3) is 11.0 Å². The molecule has 1 saturated heterocycles. The van der Waals surface area contributed by atoms with Gasteiger partial charge in [-0.05, 0) is 46.5 Å². The molecule has 0 aromatic carbocycles. The average molecular weight is 497 g/mol. The zero-order valence-corrected chi connectivity index (χ0v) is 22.6. The molecule has 2 aliphatic rings. The summed E-state index contributed by atoms with van der Waals surface area (Å²) in [7, 11) is 0. The zero-order valence-electron chi connectivity index (χ0n) is 22.6. The van der Waals surface area contributed by atoms with E-state index in [2.05, 4.69) is 72.4 Å². The first kappa shape index (κ1) is 26.2. The fraction of sp³-hybridized carbons (Fsp3) is 0.692. The van der Waals surface area contributed by atoms with Crippen molar-refractivity contribution in [3.8, 4) is 0 Å². The molecule has 2 amide bonds. The Morgan fingerprint density at radius 2 is 1.83 bits per heavy atom. The van der Waals surface area contributed by atoms with Crippen molar-refractivity contribution in [2.75, 3.05) is 11.9 Å². The number of amides is 2. The summed E-state index contributed by atoms with van der Waals surface area (Å²) < 4.78 is 0. The molecule has 1 saturated carbocycles. The number of anilines is 1. The van der Waals surface area contributed by atoms with Crippen molar-refractivity contribution in [3.05, 3.63) is 18.3 Å². The lowest BCUT2D eigenvalue weighted by Gasteiger charge is -2.43. The molecule has 1 aliphatic carbocycles. The Morgan fingerprint density at radius 3 is 2.50 bits per heavy atom. The van der Waals surface area contributed by atoms with Gasteiger partial charge in [0.1, 0.15) is 29.2 Å². The molecule has 0 bridgehead atoms. The Kier molecular flexibility index (Phi) is 7.19. The minimum atomic E-state index is -0.408. The summed E-state index contributed by atoms with van der Waals surface area (Å²) in [5.74, 6) is 1.20. The van der Waals surface area contributed by atoms with Crippen LogP contribution in [0.15, 0.2) is 12.5 Å². The second-order valence-electron chi connectivity index (χ2n) is 12.2. The van der Waals surface area contributed by atoms with Crippen LogP contribution >= 0.6 is 0 Å². The van der Waals surface area contributed by atoms with E-state index in [-0.39, 0.29) is 34.9 Å². The fourth-order valence-electron chi connectivity index (χ4n) is 5.34. The molecule has 1 aliphatic heterocycles. The fourth-order valence-corrected chi connectivity index (χ4v) is 5.34. The second-order valence-corrected chi connectivity index (χ2v) is 12.2. The maximum Gasteiger partial charge on any atom is 0.245 e. The predicted molar refractivity (Wildman–Crippen MR) is 139 cm³/mol. The lowest BCUT2D eigenvalue weighted by Crippen LogP contribution is -2.59. The summed E-state index contributed by atoms with van der Waals surface area (Å²) in [5, 5.41) is 10.2. The van der Waals surface area contributed by atoms with Crippen LogP contribution in [0, 0.1) is 0 Å². The molecule has 3 N–H and O–H groups in total. The van der Waals surface area contributed by atoms with Crippen LogP contribution in [0.5, 0.6) is 0 Å². The quantitative estimate of drug-likeness (QED) is 0.577. The van der Waals surface area contributed by atoms with Gasteiger partial charge in [-0.1, -0.05) is 20.8 Å². The van der Waals surface area contributed by atoms with Crippen molar-refractivity contribution in [3.63, 3.8) is 0 Å². The van der Waals surface area contributed by atoms with E-state index in [1.54, 1.807) is 13.1 Å². The van der Waals surface area contributed by atoms with E-state index in [1.165, 1.54) is 6.33 Å². The van der Waals surface area contributed by atoms with E-state index < -0.39 is 6.04 Å². The SMILES string of the molecule is CC(=O)N[C@@H]1C[C@H](NC(C)(C)C)CC[C@@H]1N1CCC(Nc2nc(C(C)(C)C)nc3cncnc23)C1=O. The number of likely N-dealkylation sites (tertiary alicyclic amines) is 1. The van der Waals surface area contributed by atoms with Crippen LogP contribution in [0.4, 0.5) is 5.82 Å². The van der Waals surface area contributed by atoms with Gasteiger partial charge in [0.15, 0.2) is 5.82 Å². The molecular formula is C26H40N8O2. The summed E-state index contributed by atoms with van der Waals surface area (Å²) in [6, 6.07) is -0.221. The number of carbonyl (C=O) groups excluding carboxylic acids is 2. The summed E-state index contributed by atoms with van der Waals surface area (Å²) in [6.45, 7) is 14.8. The number of aromatic nitrogens is 4. The van der Waals surface area contributed by atoms with Gasteiger partial charge < -0.3 is 20.9 Å². The highest BCUT2D eigenvalue weighted by molar-refractivity contribution is 5.91. The highest BCUT2D eigenvalue weighted by atomic mass is 16.2. The first-order chi connectivity index (χ1) is 16.8. The van der Waals surface area contributed by atoms with E-state index in [9.17, 15) is 9.59 Å². The van der Waals surface area contributed by atoms with Crippen molar-refractivity contribution in [2.24, 2.45) is 0 Å². The van der Waals surface area contributed by atoms with Crippen LogP contribution in [0.1, 0.15) is 80.0 Å². The van der Waals surface area contributed by atoms with Crippen LogP contribution < -0.4 is 16.0 Å². The van der Waals surface area contributed by atoms with Crippen LogP contribution in [-0.4, -0.2) is 72.9 Å². The number of rotatable bonds is 5. The van der Waals surface area contributed by atoms with Crippen LogP contribution in [-0.2, 0) is 15.0 Å². The number of nitrogens with one attached hydrogen (secondary N) is 3. The molecule has 0 spiro atoms. The van der Waals surface area contributed by atoms with E-state index in [0.29, 0.717) is 41.7 Å². The van der Waals surface area contributed by atoms with Gasteiger partial charge in [0.25, 0.3) is 0 Å². The van der Waals surface area contributed by atoms with Crippen molar-refractivity contribution < 1.29 is 9.59 Å². The molecule has 3 heterocycles. The Balaban J connectivity index is 1.53. The highest BCUT2D eigenvalue weighted by Crippen LogP contribution is 2.31. The number of fused-ring (bicyclic) bond motifs is 1. The standard InChI is InChI=1S/C26H40N8O2/c1-15(35)29-18-12-16(33-26(5,6)7)8-9-20(18)34-11-10-17(23(34)36)30-22-21-19(13-27-14-28-21)31-24(32-22)25(2,3)4/h13-14,16-18,20,33H,8-12H2,1-7H3,(H,29,35)(H,30,31,32)/t16-,17?,18-,20+/m1/s1. The number of hydrogen-bond acceptors (Lipinski definition) is 8. The molecule has 2 aromatic heterocycles. The van der Waals surface area contributed by atoms with Gasteiger partial charge in [0, 0.05) is 30.5 Å². The molecule has 36 heavy (non-hydrogen) atoms. The van der Waals surface area contributed by atoms with Gasteiger partial charge in [-0.15, -0.1) is 0 Å². The molecule has 0 radical (unpaired) electrons. The summed E-state index contributed by atoms with van der Waals surface area (Å²) in [4.78, 5) is 45.5. The maximum absolute atomic E-state index is 13.6. The summed E-state index contributed by atoms with van der Waals surface area (Å²) in [6.07, 6.45) is 6.41. The molecule has 2 fully saturated rings. The normalized spacial score (nSPS) is 25.3. The number of carbonyl (C=O) groups is 2. The third kappa shape index (κ3) is 5.91. The third-order valence-electron chi connectivity index (χ3n) is 6.82. The molecule has 10 nitrogen and oxygen atoms in total. The number of nitrogens with zero attached hydrogens (tertiary/aromatic N) is 5. The van der Waals surface area contributed by atoms with Crippen molar-refractivity contribution in [2.45, 2.75) is 109 Å². The Labute approximate surface area is 213 Å². The average Bonchev–Trinajstić information content (AvgIpc) is 3.11.